The lowest BCUT2D eigenvalue weighted by molar-refractivity contribution is 0.417. The van der Waals surface area contributed by atoms with Crippen LogP contribution in [0, 0.1) is 26.7 Å². The first-order valence-corrected chi connectivity index (χ1v) is 7.74. The predicted octanol–water partition coefficient (Wildman–Crippen LogP) is 4.57. The van der Waals surface area contributed by atoms with Crippen molar-refractivity contribution < 1.29 is 0 Å². The predicted molar refractivity (Wildman–Crippen MR) is 85.9 cm³/mol. The highest BCUT2D eigenvalue weighted by molar-refractivity contribution is 5.37. The maximum Gasteiger partial charge on any atom is 0.00104 e. The number of aryl methyl sites for hydroxylation is 3. The molecule has 1 atom stereocenters. The molecule has 0 bridgehead atoms. The SMILES string of the molecule is CCCC(CNC(C)C)Cc1c(C)cc(C)cc1C. The standard InChI is InChI=1S/C18H31N/c1-7-8-17(12-19-13(2)3)11-18-15(5)9-14(4)10-16(18)6/h9-10,13,17,19H,7-8,11-12H2,1-6H3. The van der Waals surface area contributed by atoms with Crippen LogP contribution >= 0.6 is 0 Å². The zero-order valence-electron chi connectivity index (χ0n) is 13.6. The van der Waals surface area contributed by atoms with Crippen LogP contribution in [0.3, 0.4) is 0 Å². The number of nitrogens with one attached hydrogen (secondary N) is 1. The molecule has 0 spiro atoms. The Morgan fingerprint density at radius 1 is 1.05 bits per heavy atom. The molecule has 0 aromatic heterocycles. The van der Waals surface area contributed by atoms with Crippen LogP contribution in [0.25, 0.3) is 0 Å². The van der Waals surface area contributed by atoms with E-state index in [1.54, 1.807) is 5.56 Å². The average molecular weight is 261 g/mol. The highest BCUT2D eigenvalue weighted by atomic mass is 14.9. The second-order valence-corrected chi connectivity index (χ2v) is 6.30. The fraction of sp³-hybridized carbons (Fsp3) is 0.667. The van der Waals surface area contributed by atoms with Crippen molar-refractivity contribution in [2.75, 3.05) is 6.54 Å². The van der Waals surface area contributed by atoms with Gasteiger partial charge in [-0.05, 0) is 62.8 Å². The summed E-state index contributed by atoms with van der Waals surface area (Å²) >= 11 is 0. The van der Waals surface area contributed by atoms with Crippen molar-refractivity contribution >= 4 is 0 Å². The number of hydrogen-bond donors (Lipinski definition) is 1. The Bertz CT molecular complexity index is 370. The summed E-state index contributed by atoms with van der Waals surface area (Å²) in [7, 11) is 0. The van der Waals surface area contributed by atoms with Gasteiger partial charge >= 0.3 is 0 Å². The molecule has 1 aromatic carbocycles. The van der Waals surface area contributed by atoms with E-state index in [1.807, 2.05) is 0 Å². The van der Waals surface area contributed by atoms with Gasteiger partial charge in [0.2, 0.25) is 0 Å². The van der Waals surface area contributed by atoms with Crippen LogP contribution in [0.5, 0.6) is 0 Å². The zero-order valence-corrected chi connectivity index (χ0v) is 13.6. The number of rotatable bonds is 7. The first kappa shape index (κ1) is 16.2. The molecule has 1 unspecified atom stereocenters. The van der Waals surface area contributed by atoms with Gasteiger partial charge < -0.3 is 5.32 Å². The largest absolute Gasteiger partial charge is 0.314 e. The van der Waals surface area contributed by atoms with Crippen molar-refractivity contribution in [2.24, 2.45) is 5.92 Å². The van der Waals surface area contributed by atoms with Gasteiger partial charge in [0.15, 0.2) is 0 Å². The maximum atomic E-state index is 3.60. The Kier molecular flexibility index (Phi) is 6.57. The summed E-state index contributed by atoms with van der Waals surface area (Å²) in [5.41, 5.74) is 5.87. The van der Waals surface area contributed by atoms with Crippen LogP contribution in [0.4, 0.5) is 0 Å². The van der Waals surface area contributed by atoms with Gasteiger partial charge in [-0.15, -0.1) is 0 Å². The Balaban J connectivity index is 2.78. The molecule has 0 radical (unpaired) electrons. The second kappa shape index (κ2) is 7.69. The van der Waals surface area contributed by atoms with Gasteiger partial charge in [-0.2, -0.15) is 0 Å². The van der Waals surface area contributed by atoms with Crippen molar-refractivity contribution in [3.63, 3.8) is 0 Å². The Labute approximate surface area is 119 Å². The highest BCUT2D eigenvalue weighted by Crippen LogP contribution is 2.22. The Hall–Kier alpha value is -0.820. The van der Waals surface area contributed by atoms with Gasteiger partial charge in [-0.25, -0.2) is 0 Å². The molecule has 0 heterocycles. The van der Waals surface area contributed by atoms with Gasteiger partial charge in [0, 0.05) is 6.04 Å². The second-order valence-electron chi connectivity index (χ2n) is 6.30. The summed E-state index contributed by atoms with van der Waals surface area (Å²) in [6.45, 7) is 14.6. The molecule has 1 aromatic rings. The summed E-state index contributed by atoms with van der Waals surface area (Å²) in [4.78, 5) is 0. The molecule has 0 fully saturated rings. The third-order valence-electron chi connectivity index (χ3n) is 3.84. The number of hydrogen-bond acceptors (Lipinski definition) is 1. The normalized spacial score (nSPS) is 13.0. The van der Waals surface area contributed by atoms with Crippen molar-refractivity contribution in [1.82, 2.24) is 5.32 Å². The molecule has 0 saturated carbocycles. The van der Waals surface area contributed by atoms with Gasteiger partial charge in [-0.3, -0.25) is 0 Å². The minimum absolute atomic E-state index is 0.583. The van der Waals surface area contributed by atoms with E-state index >= 15 is 0 Å². The topological polar surface area (TPSA) is 12.0 Å². The third-order valence-corrected chi connectivity index (χ3v) is 3.84. The highest BCUT2D eigenvalue weighted by Gasteiger charge is 2.13. The molecule has 0 amide bonds. The minimum Gasteiger partial charge on any atom is -0.314 e. The van der Waals surface area contributed by atoms with Crippen LogP contribution < -0.4 is 5.32 Å². The lowest BCUT2D eigenvalue weighted by Crippen LogP contribution is -2.30. The molecule has 108 valence electrons. The monoisotopic (exact) mass is 261 g/mol. The quantitative estimate of drug-likeness (QED) is 0.758. The first-order chi connectivity index (χ1) is 8.93. The van der Waals surface area contributed by atoms with Crippen LogP contribution in [0.1, 0.15) is 55.9 Å². The lowest BCUT2D eigenvalue weighted by Gasteiger charge is -2.21. The van der Waals surface area contributed by atoms with Crippen LogP contribution in [-0.4, -0.2) is 12.6 Å². The molecule has 1 heteroatoms. The molecule has 1 nitrogen and oxygen atoms in total. The maximum absolute atomic E-state index is 3.60. The molecule has 0 aliphatic heterocycles. The fourth-order valence-corrected chi connectivity index (χ4v) is 2.91. The van der Waals surface area contributed by atoms with E-state index in [0.717, 1.165) is 12.5 Å². The molecule has 19 heavy (non-hydrogen) atoms. The van der Waals surface area contributed by atoms with E-state index in [4.69, 9.17) is 0 Å². The van der Waals surface area contributed by atoms with Crippen LogP contribution in [0.2, 0.25) is 0 Å². The van der Waals surface area contributed by atoms with E-state index < -0.39 is 0 Å². The molecule has 0 aliphatic rings. The summed E-state index contributed by atoms with van der Waals surface area (Å²) in [6.07, 6.45) is 3.80. The van der Waals surface area contributed by atoms with Crippen molar-refractivity contribution in [3.05, 3.63) is 34.4 Å². The van der Waals surface area contributed by atoms with Crippen LogP contribution in [0.15, 0.2) is 12.1 Å². The zero-order chi connectivity index (χ0) is 14.4. The summed E-state index contributed by atoms with van der Waals surface area (Å²) in [5.74, 6) is 0.757. The molecular weight excluding hydrogens is 230 g/mol. The van der Waals surface area contributed by atoms with Crippen molar-refractivity contribution in [3.8, 4) is 0 Å². The summed E-state index contributed by atoms with van der Waals surface area (Å²) in [6, 6.07) is 5.22. The molecule has 1 rings (SSSR count). The smallest absolute Gasteiger partial charge is 0.00104 e. The number of benzene rings is 1. The molecule has 1 N–H and O–H groups in total. The third kappa shape index (κ3) is 5.36. The Morgan fingerprint density at radius 2 is 1.63 bits per heavy atom. The van der Waals surface area contributed by atoms with E-state index in [9.17, 15) is 0 Å². The average Bonchev–Trinajstić information content (AvgIpc) is 2.30. The van der Waals surface area contributed by atoms with E-state index in [2.05, 4.69) is 59.0 Å². The molecule has 0 aliphatic carbocycles. The van der Waals surface area contributed by atoms with Gasteiger partial charge in [-0.1, -0.05) is 44.9 Å². The molecular formula is C18H31N. The Morgan fingerprint density at radius 3 is 2.11 bits per heavy atom. The van der Waals surface area contributed by atoms with E-state index in [-0.39, 0.29) is 0 Å². The van der Waals surface area contributed by atoms with E-state index in [1.165, 1.54) is 36.0 Å². The van der Waals surface area contributed by atoms with Crippen molar-refractivity contribution in [1.29, 1.82) is 0 Å². The summed E-state index contributed by atoms with van der Waals surface area (Å²) in [5, 5.41) is 3.60. The van der Waals surface area contributed by atoms with Gasteiger partial charge in [0.25, 0.3) is 0 Å². The minimum atomic E-state index is 0.583. The molecule has 0 saturated heterocycles. The fourth-order valence-electron chi connectivity index (χ4n) is 2.91. The van der Waals surface area contributed by atoms with Gasteiger partial charge in [0.1, 0.15) is 0 Å². The van der Waals surface area contributed by atoms with Crippen molar-refractivity contribution in [2.45, 2.75) is 66.8 Å². The summed E-state index contributed by atoms with van der Waals surface area (Å²) < 4.78 is 0. The first-order valence-electron chi connectivity index (χ1n) is 7.74. The van der Waals surface area contributed by atoms with E-state index in [0.29, 0.717) is 6.04 Å². The van der Waals surface area contributed by atoms with Crippen LogP contribution in [-0.2, 0) is 6.42 Å². The lowest BCUT2D eigenvalue weighted by atomic mass is 9.89. The van der Waals surface area contributed by atoms with Gasteiger partial charge in [0.05, 0.1) is 0 Å².